The zero-order valence-corrected chi connectivity index (χ0v) is 16.3. The molecule has 30 heavy (non-hydrogen) atoms. The van der Waals surface area contributed by atoms with Gasteiger partial charge in [-0.15, -0.1) is 15.3 Å². The molecule has 1 aliphatic rings. The number of aryl methyl sites for hydroxylation is 1. The summed E-state index contributed by atoms with van der Waals surface area (Å²) in [6.45, 7) is 6.05. The first-order valence-electron chi connectivity index (χ1n) is 9.54. The monoisotopic (exact) mass is 401 g/mol. The van der Waals surface area contributed by atoms with Gasteiger partial charge in [-0.3, -0.25) is 4.79 Å². The van der Waals surface area contributed by atoms with Gasteiger partial charge in [-0.05, 0) is 36.8 Å². The number of carbonyl (C=O) groups excluding carboxylic acids is 1. The third-order valence-electron chi connectivity index (χ3n) is 5.12. The minimum atomic E-state index is -0.102. The minimum absolute atomic E-state index is 0.0639. The molecule has 1 aliphatic heterocycles. The van der Waals surface area contributed by atoms with Crippen LogP contribution in [-0.4, -0.2) is 42.1 Å². The molecule has 9 nitrogen and oxygen atoms in total. The van der Waals surface area contributed by atoms with E-state index in [0.29, 0.717) is 30.3 Å². The van der Waals surface area contributed by atoms with Gasteiger partial charge in [0.1, 0.15) is 24.5 Å². The molecule has 9 heteroatoms. The van der Waals surface area contributed by atoms with Gasteiger partial charge in [0.05, 0.1) is 5.69 Å². The van der Waals surface area contributed by atoms with Crippen molar-refractivity contribution in [3.63, 3.8) is 0 Å². The van der Waals surface area contributed by atoms with Crippen LogP contribution in [-0.2, 0) is 4.79 Å². The number of carbonyl (C=O) groups is 1. The molecule has 0 saturated heterocycles. The van der Waals surface area contributed by atoms with Crippen LogP contribution in [0.25, 0.3) is 11.5 Å². The van der Waals surface area contributed by atoms with E-state index in [1.165, 1.54) is 6.33 Å². The number of anilines is 1. The first kappa shape index (κ1) is 18.0. The number of ether oxygens (including phenoxy) is 1. The lowest BCUT2D eigenvalue weighted by Crippen LogP contribution is -2.25. The van der Waals surface area contributed by atoms with Crippen molar-refractivity contribution < 1.29 is 9.53 Å². The van der Waals surface area contributed by atoms with Gasteiger partial charge in [0, 0.05) is 17.9 Å². The highest BCUT2D eigenvalue weighted by Crippen LogP contribution is 2.40. The van der Waals surface area contributed by atoms with E-state index in [1.807, 2.05) is 37.3 Å². The van der Waals surface area contributed by atoms with Crippen LogP contribution in [0.4, 0.5) is 5.82 Å². The summed E-state index contributed by atoms with van der Waals surface area (Å²) in [6.07, 6.45) is 3.58. The van der Waals surface area contributed by atoms with Crippen molar-refractivity contribution in [2.45, 2.75) is 19.3 Å². The Kier molecular flexibility index (Phi) is 4.27. The van der Waals surface area contributed by atoms with Crippen molar-refractivity contribution >= 4 is 17.4 Å². The summed E-state index contributed by atoms with van der Waals surface area (Å²) in [5, 5.41) is 20.0. The van der Waals surface area contributed by atoms with Crippen molar-refractivity contribution in [2.24, 2.45) is 0 Å². The van der Waals surface area contributed by atoms with Crippen LogP contribution < -0.4 is 10.1 Å². The quantitative estimate of drug-likeness (QED) is 0.516. The molecule has 0 fully saturated rings. The fraction of sp³-hybridized carbons (Fsp3) is 0.190. The standard InChI is InChI=1S/C21H19N7O2/c1-3-10-30-15-6-4-14(5-7-15)16-11-19(29)23-21-20(16)13(2)25-28(21)18-9-8-17-24-22-12-27(17)26-18/h3-9,12,16H,1,10-11H2,2H3,(H,23,29)/t16-/m0/s1. The second kappa shape index (κ2) is 7.11. The van der Waals surface area contributed by atoms with Gasteiger partial charge >= 0.3 is 0 Å². The highest BCUT2D eigenvalue weighted by atomic mass is 16.5. The highest BCUT2D eigenvalue weighted by Gasteiger charge is 2.33. The maximum absolute atomic E-state index is 12.5. The summed E-state index contributed by atoms with van der Waals surface area (Å²) in [4.78, 5) is 12.5. The molecule has 1 atom stereocenters. The van der Waals surface area contributed by atoms with Crippen LogP contribution in [0.5, 0.6) is 5.75 Å². The van der Waals surface area contributed by atoms with E-state index in [9.17, 15) is 4.79 Å². The smallest absolute Gasteiger partial charge is 0.226 e. The maximum Gasteiger partial charge on any atom is 0.226 e. The van der Waals surface area contributed by atoms with Gasteiger partial charge in [-0.25, -0.2) is 0 Å². The van der Waals surface area contributed by atoms with Crippen LogP contribution >= 0.6 is 0 Å². The summed E-state index contributed by atoms with van der Waals surface area (Å²) in [5.41, 5.74) is 3.49. The Morgan fingerprint density at radius 1 is 1.23 bits per heavy atom. The Bertz CT molecular complexity index is 1260. The number of hydrogen-bond donors (Lipinski definition) is 1. The maximum atomic E-state index is 12.5. The van der Waals surface area contributed by atoms with Crippen molar-refractivity contribution in [3.8, 4) is 11.6 Å². The fourth-order valence-electron chi connectivity index (χ4n) is 3.78. The van der Waals surface area contributed by atoms with Gasteiger partial charge in [0.15, 0.2) is 11.5 Å². The largest absolute Gasteiger partial charge is 0.490 e. The van der Waals surface area contributed by atoms with Crippen molar-refractivity contribution in [3.05, 3.63) is 72.2 Å². The first-order valence-corrected chi connectivity index (χ1v) is 9.54. The van der Waals surface area contributed by atoms with E-state index in [4.69, 9.17) is 4.74 Å². The molecule has 0 aliphatic carbocycles. The normalized spacial score (nSPS) is 15.6. The summed E-state index contributed by atoms with van der Waals surface area (Å²) >= 11 is 0. The van der Waals surface area contributed by atoms with E-state index in [-0.39, 0.29) is 11.8 Å². The van der Waals surface area contributed by atoms with Crippen LogP contribution in [0.2, 0.25) is 0 Å². The Hall–Kier alpha value is -4.01. The van der Waals surface area contributed by atoms with Crippen molar-refractivity contribution in [2.75, 3.05) is 11.9 Å². The van der Waals surface area contributed by atoms with Crippen LogP contribution in [0.1, 0.15) is 29.2 Å². The molecule has 0 saturated carbocycles. The molecule has 1 aromatic carbocycles. The zero-order chi connectivity index (χ0) is 20.7. The number of amides is 1. The van der Waals surface area contributed by atoms with E-state index >= 15 is 0 Å². The Morgan fingerprint density at radius 2 is 2.07 bits per heavy atom. The average Bonchev–Trinajstić information content (AvgIpc) is 3.36. The highest BCUT2D eigenvalue weighted by molar-refractivity contribution is 5.95. The number of rotatable bonds is 5. The lowest BCUT2D eigenvalue weighted by Gasteiger charge is -2.24. The summed E-state index contributed by atoms with van der Waals surface area (Å²) in [5.74, 6) is 1.81. The molecule has 5 rings (SSSR count). The third kappa shape index (κ3) is 3.00. The van der Waals surface area contributed by atoms with Crippen LogP contribution in [0.3, 0.4) is 0 Å². The van der Waals surface area contributed by atoms with E-state index in [0.717, 1.165) is 22.6 Å². The molecule has 0 bridgehead atoms. The second-order valence-corrected chi connectivity index (χ2v) is 7.06. The lowest BCUT2D eigenvalue weighted by atomic mass is 9.86. The molecule has 1 N–H and O–H groups in total. The van der Waals surface area contributed by atoms with E-state index in [1.54, 1.807) is 21.3 Å². The SMILES string of the molecule is C=CCOc1ccc([C@@H]2CC(=O)Nc3c2c(C)nn3-c2ccc3nncn3n2)cc1. The summed E-state index contributed by atoms with van der Waals surface area (Å²) < 4.78 is 8.80. The molecule has 4 aromatic rings. The Labute approximate surface area is 172 Å². The predicted octanol–water partition coefficient (Wildman–Crippen LogP) is 2.66. The number of aromatic nitrogens is 6. The molecular weight excluding hydrogens is 382 g/mol. The molecule has 4 heterocycles. The van der Waals surface area contributed by atoms with E-state index < -0.39 is 0 Å². The Balaban J connectivity index is 1.56. The molecule has 150 valence electrons. The Morgan fingerprint density at radius 3 is 2.87 bits per heavy atom. The zero-order valence-electron chi connectivity index (χ0n) is 16.3. The average molecular weight is 401 g/mol. The number of nitrogens with one attached hydrogen (secondary N) is 1. The van der Waals surface area contributed by atoms with E-state index in [2.05, 4.69) is 32.3 Å². The van der Waals surface area contributed by atoms with Crippen LogP contribution in [0, 0.1) is 6.92 Å². The summed E-state index contributed by atoms with van der Waals surface area (Å²) in [7, 11) is 0. The van der Waals surface area contributed by atoms with Gasteiger partial charge in [-0.2, -0.15) is 14.3 Å². The fourth-order valence-corrected chi connectivity index (χ4v) is 3.78. The van der Waals surface area contributed by atoms with Gasteiger partial charge in [0.2, 0.25) is 5.91 Å². The molecular formula is C21H19N7O2. The number of benzene rings is 1. The first-order chi connectivity index (χ1) is 14.6. The second-order valence-electron chi connectivity index (χ2n) is 7.06. The number of nitrogens with zero attached hydrogens (tertiary/aromatic N) is 6. The molecule has 0 spiro atoms. The van der Waals surface area contributed by atoms with Crippen molar-refractivity contribution in [1.29, 1.82) is 0 Å². The van der Waals surface area contributed by atoms with Gasteiger partial charge in [-0.1, -0.05) is 24.8 Å². The number of fused-ring (bicyclic) bond motifs is 2. The molecule has 3 aromatic heterocycles. The molecule has 0 unspecified atom stereocenters. The minimum Gasteiger partial charge on any atom is -0.490 e. The lowest BCUT2D eigenvalue weighted by molar-refractivity contribution is -0.116. The van der Waals surface area contributed by atoms with Gasteiger partial charge < -0.3 is 10.1 Å². The number of hydrogen-bond acceptors (Lipinski definition) is 6. The van der Waals surface area contributed by atoms with Crippen molar-refractivity contribution in [1.82, 2.24) is 29.6 Å². The molecule has 0 radical (unpaired) electrons. The van der Waals surface area contributed by atoms with Gasteiger partial charge in [0.25, 0.3) is 0 Å². The topological polar surface area (TPSA) is 99.2 Å². The molecule has 1 amide bonds. The van der Waals surface area contributed by atoms with Crippen LogP contribution in [0.15, 0.2) is 55.4 Å². The summed E-state index contributed by atoms with van der Waals surface area (Å²) in [6, 6.07) is 11.4. The predicted molar refractivity (Wildman–Crippen MR) is 110 cm³/mol. The third-order valence-corrected chi connectivity index (χ3v) is 5.12.